The highest BCUT2D eigenvalue weighted by Crippen LogP contribution is 2.23. The fourth-order valence-electron chi connectivity index (χ4n) is 3.82. The molecule has 1 amide bonds. The molecule has 30 heavy (non-hydrogen) atoms. The predicted octanol–water partition coefficient (Wildman–Crippen LogP) is 3.98. The van der Waals surface area contributed by atoms with Crippen LogP contribution >= 0.6 is 0 Å². The van der Waals surface area contributed by atoms with Gasteiger partial charge in [-0.2, -0.15) is 0 Å². The molecule has 0 saturated heterocycles. The topological polar surface area (TPSA) is 107 Å². The van der Waals surface area contributed by atoms with Crippen LogP contribution in [0.15, 0.2) is 41.2 Å². The van der Waals surface area contributed by atoms with Crippen molar-refractivity contribution in [3.63, 3.8) is 0 Å². The minimum atomic E-state index is -0.480. The molecule has 1 N–H and O–H groups in total. The summed E-state index contributed by atoms with van der Waals surface area (Å²) in [6.45, 7) is 2.31. The van der Waals surface area contributed by atoms with Crippen LogP contribution < -0.4 is 10.9 Å². The first kappa shape index (κ1) is 19.8. The number of nitro benzene ring substituents is 1. The van der Waals surface area contributed by atoms with Gasteiger partial charge in [0.15, 0.2) is 0 Å². The number of nitrogens with one attached hydrogen (secondary N) is 1. The lowest BCUT2D eigenvalue weighted by Gasteiger charge is -2.16. The van der Waals surface area contributed by atoms with E-state index in [1.807, 2.05) is 0 Å². The molecule has 2 aromatic carbocycles. The van der Waals surface area contributed by atoms with Gasteiger partial charge in [-0.05, 0) is 44.0 Å². The number of aryl methyl sites for hydroxylation is 2. The second-order valence-corrected chi connectivity index (χ2v) is 7.59. The molecule has 2 heterocycles. The molecule has 0 unspecified atom stereocenters. The molecule has 1 aliphatic rings. The third-order valence-electron chi connectivity index (χ3n) is 5.49. The Morgan fingerprint density at radius 1 is 1.13 bits per heavy atom. The number of carbonyl (C=O) groups is 1. The van der Waals surface area contributed by atoms with E-state index in [1.54, 1.807) is 41.8 Å². The third-order valence-corrected chi connectivity index (χ3v) is 5.49. The number of fused-ring (bicyclic) bond motifs is 2. The standard InChI is InChI=1S/C22H22N4O4/c1-14-7-9-16(13-19(14)26(29)30)23-21(27)15-8-10-17-18(12-15)24-20-6-4-2-3-5-11-25(20)22(17)28/h7-10,12-13H,2-6,11H2,1H3,(H,23,27). The smallest absolute Gasteiger partial charge is 0.274 e. The van der Waals surface area contributed by atoms with Crippen LogP contribution in [0, 0.1) is 17.0 Å². The van der Waals surface area contributed by atoms with E-state index >= 15 is 0 Å². The summed E-state index contributed by atoms with van der Waals surface area (Å²) in [4.78, 5) is 40.9. The predicted molar refractivity (Wildman–Crippen MR) is 114 cm³/mol. The average molecular weight is 406 g/mol. The highest BCUT2D eigenvalue weighted by Gasteiger charge is 2.16. The lowest BCUT2D eigenvalue weighted by atomic mass is 10.1. The molecule has 8 nitrogen and oxygen atoms in total. The number of anilines is 1. The maximum atomic E-state index is 12.9. The molecular formula is C22H22N4O4. The number of aromatic nitrogens is 2. The first-order valence-electron chi connectivity index (χ1n) is 10.0. The monoisotopic (exact) mass is 406 g/mol. The molecule has 8 heteroatoms. The molecule has 0 radical (unpaired) electrons. The molecule has 0 atom stereocenters. The van der Waals surface area contributed by atoms with Crippen molar-refractivity contribution in [1.82, 2.24) is 9.55 Å². The molecule has 0 spiro atoms. The summed E-state index contributed by atoms with van der Waals surface area (Å²) in [5.41, 5.74) is 1.56. The van der Waals surface area contributed by atoms with Gasteiger partial charge < -0.3 is 5.32 Å². The minimum absolute atomic E-state index is 0.0559. The van der Waals surface area contributed by atoms with Crippen LogP contribution in [0.2, 0.25) is 0 Å². The Bertz CT molecular complexity index is 1220. The number of carbonyl (C=O) groups excluding carboxylic acids is 1. The van der Waals surface area contributed by atoms with Crippen molar-refractivity contribution in [3.8, 4) is 0 Å². The Labute approximate surface area is 172 Å². The Kier molecular flexibility index (Phi) is 5.31. The first-order valence-corrected chi connectivity index (χ1v) is 10.0. The van der Waals surface area contributed by atoms with Crippen LogP contribution in [-0.2, 0) is 13.0 Å². The first-order chi connectivity index (χ1) is 14.4. The summed E-state index contributed by atoms with van der Waals surface area (Å²) in [5.74, 6) is 0.350. The van der Waals surface area contributed by atoms with Crippen molar-refractivity contribution < 1.29 is 9.72 Å². The molecule has 3 aromatic rings. The van der Waals surface area contributed by atoms with Crippen LogP contribution in [-0.4, -0.2) is 20.4 Å². The Balaban J connectivity index is 1.67. The van der Waals surface area contributed by atoms with Gasteiger partial charge in [-0.25, -0.2) is 4.98 Å². The van der Waals surface area contributed by atoms with Gasteiger partial charge in [-0.15, -0.1) is 0 Å². The SMILES string of the molecule is Cc1ccc(NC(=O)c2ccc3c(=O)n4c(nc3c2)CCCCCC4)cc1[N+](=O)[O-]. The van der Waals surface area contributed by atoms with E-state index in [-0.39, 0.29) is 11.2 Å². The van der Waals surface area contributed by atoms with E-state index in [2.05, 4.69) is 10.3 Å². The van der Waals surface area contributed by atoms with Gasteiger partial charge in [0.05, 0.1) is 15.8 Å². The van der Waals surface area contributed by atoms with Crippen molar-refractivity contribution >= 4 is 28.2 Å². The van der Waals surface area contributed by atoms with Crippen LogP contribution in [0.4, 0.5) is 11.4 Å². The van der Waals surface area contributed by atoms with Crippen LogP contribution in [0.25, 0.3) is 10.9 Å². The van der Waals surface area contributed by atoms with E-state index in [0.717, 1.165) is 37.9 Å². The highest BCUT2D eigenvalue weighted by molar-refractivity contribution is 6.06. The van der Waals surface area contributed by atoms with Crippen LogP contribution in [0.5, 0.6) is 0 Å². The number of amides is 1. The highest BCUT2D eigenvalue weighted by atomic mass is 16.6. The molecule has 1 aliphatic heterocycles. The Morgan fingerprint density at radius 2 is 1.93 bits per heavy atom. The van der Waals surface area contributed by atoms with Crippen LogP contribution in [0.3, 0.4) is 0 Å². The van der Waals surface area contributed by atoms with Gasteiger partial charge >= 0.3 is 0 Å². The van der Waals surface area contributed by atoms with Crippen molar-refractivity contribution in [2.24, 2.45) is 0 Å². The zero-order valence-corrected chi connectivity index (χ0v) is 16.7. The van der Waals surface area contributed by atoms with Gasteiger partial charge in [-0.1, -0.05) is 18.9 Å². The zero-order chi connectivity index (χ0) is 21.3. The van der Waals surface area contributed by atoms with Gasteiger partial charge in [0, 0.05) is 35.8 Å². The molecule has 0 bridgehead atoms. The lowest BCUT2D eigenvalue weighted by Crippen LogP contribution is -2.26. The third kappa shape index (κ3) is 3.80. The van der Waals surface area contributed by atoms with E-state index < -0.39 is 10.8 Å². The van der Waals surface area contributed by atoms with Gasteiger partial charge in [0.25, 0.3) is 17.2 Å². The molecule has 0 fully saturated rings. The lowest BCUT2D eigenvalue weighted by molar-refractivity contribution is -0.385. The summed E-state index contributed by atoms with van der Waals surface area (Å²) < 4.78 is 1.76. The quantitative estimate of drug-likeness (QED) is 0.523. The van der Waals surface area contributed by atoms with Crippen molar-refractivity contribution in [2.75, 3.05) is 5.32 Å². The van der Waals surface area contributed by atoms with Crippen LogP contribution in [0.1, 0.15) is 47.4 Å². The molecule has 0 saturated carbocycles. The summed E-state index contributed by atoms with van der Waals surface area (Å²) in [5, 5.41) is 14.3. The fraction of sp³-hybridized carbons (Fsp3) is 0.318. The normalized spacial score (nSPS) is 13.9. The zero-order valence-electron chi connectivity index (χ0n) is 16.7. The van der Waals surface area contributed by atoms with E-state index in [9.17, 15) is 19.7 Å². The minimum Gasteiger partial charge on any atom is -0.322 e. The van der Waals surface area contributed by atoms with Crippen molar-refractivity contribution in [1.29, 1.82) is 0 Å². The maximum Gasteiger partial charge on any atom is 0.274 e. The number of nitro groups is 1. The number of rotatable bonds is 3. The molecular weight excluding hydrogens is 384 g/mol. The summed E-state index contributed by atoms with van der Waals surface area (Å²) in [7, 11) is 0. The molecule has 0 aliphatic carbocycles. The van der Waals surface area contributed by atoms with Gasteiger partial charge in [0.1, 0.15) is 5.82 Å². The maximum absolute atomic E-state index is 12.9. The number of benzene rings is 2. The molecule has 4 rings (SSSR count). The van der Waals surface area contributed by atoms with Crippen molar-refractivity contribution in [2.45, 2.75) is 45.6 Å². The van der Waals surface area contributed by atoms with E-state index in [0.29, 0.717) is 34.3 Å². The average Bonchev–Trinajstić information content (AvgIpc) is 2.70. The second-order valence-electron chi connectivity index (χ2n) is 7.59. The summed E-state index contributed by atoms with van der Waals surface area (Å²) in [6.07, 6.45) is 4.93. The summed E-state index contributed by atoms with van der Waals surface area (Å²) in [6, 6.07) is 9.36. The Morgan fingerprint density at radius 3 is 2.73 bits per heavy atom. The van der Waals surface area contributed by atoms with Gasteiger partial charge in [-0.3, -0.25) is 24.3 Å². The number of nitrogens with zero attached hydrogens (tertiary/aromatic N) is 3. The summed E-state index contributed by atoms with van der Waals surface area (Å²) >= 11 is 0. The Hall–Kier alpha value is -3.55. The van der Waals surface area contributed by atoms with Gasteiger partial charge in [0.2, 0.25) is 0 Å². The van der Waals surface area contributed by atoms with Crippen molar-refractivity contribution in [3.05, 3.63) is 73.8 Å². The van der Waals surface area contributed by atoms with E-state index in [4.69, 9.17) is 0 Å². The van der Waals surface area contributed by atoms with E-state index in [1.165, 1.54) is 6.07 Å². The molecule has 1 aromatic heterocycles. The second kappa shape index (κ2) is 8.06. The number of hydrogen-bond acceptors (Lipinski definition) is 5. The largest absolute Gasteiger partial charge is 0.322 e. The molecule has 154 valence electrons. The number of hydrogen-bond donors (Lipinski definition) is 1. The fourth-order valence-corrected chi connectivity index (χ4v) is 3.82.